The van der Waals surface area contributed by atoms with Gasteiger partial charge < -0.3 is 0 Å². The van der Waals surface area contributed by atoms with Gasteiger partial charge in [0.1, 0.15) is 0 Å². The highest BCUT2D eigenvalue weighted by Crippen LogP contribution is 2.20. The number of imidazole rings is 1. The second-order valence-corrected chi connectivity index (χ2v) is 3.57. The Morgan fingerprint density at radius 3 is 2.88 bits per heavy atom. The van der Waals surface area contributed by atoms with Gasteiger partial charge >= 0.3 is 0 Å². The third-order valence-corrected chi connectivity index (χ3v) is 2.52. The molecule has 0 aliphatic carbocycles. The van der Waals surface area contributed by atoms with Crippen LogP contribution >= 0.6 is 0 Å². The van der Waals surface area contributed by atoms with Gasteiger partial charge in [0.25, 0.3) is 11.8 Å². The van der Waals surface area contributed by atoms with Crippen molar-refractivity contribution in [2.45, 2.75) is 0 Å². The van der Waals surface area contributed by atoms with Gasteiger partial charge in [-0.2, -0.15) is 0 Å². The Hall–Kier alpha value is -2.50. The number of fused-ring (bicyclic) bond motifs is 1. The summed E-state index contributed by atoms with van der Waals surface area (Å²) in [5.74, 6) is -1.46. The maximum absolute atomic E-state index is 13.4. The number of pyridine rings is 1. The van der Waals surface area contributed by atoms with Crippen LogP contribution in [0, 0.1) is 5.82 Å². The molecule has 1 aliphatic heterocycles. The molecule has 0 bridgehead atoms. The first-order chi connectivity index (χ1) is 8.16. The molecule has 3 heterocycles. The Kier molecular flexibility index (Phi) is 1.85. The molecule has 0 saturated carbocycles. The number of carbonyl (C=O) groups is 2. The van der Waals surface area contributed by atoms with Crippen LogP contribution in [0.4, 0.5) is 4.39 Å². The topological polar surface area (TPSA) is 63.5 Å². The fourth-order valence-electron chi connectivity index (χ4n) is 1.78. The van der Waals surface area contributed by atoms with Crippen molar-refractivity contribution in [3.8, 4) is 0 Å². The number of nitrogens with one attached hydrogen (secondary N) is 1. The van der Waals surface area contributed by atoms with Gasteiger partial charge in [0, 0.05) is 12.3 Å². The second-order valence-electron chi connectivity index (χ2n) is 3.57. The van der Waals surface area contributed by atoms with Crippen molar-refractivity contribution >= 4 is 23.0 Å². The van der Waals surface area contributed by atoms with Crippen molar-refractivity contribution in [2.24, 2.45) is 0 Å². The molecule has 3 rings (SSSR count). The van der Waals surface area contributed by atoms with E-state index in [-0.39, 0.29) is 11.2 Å². The molecular formula is C11H6FN3O2. The smallest absolute Gasteiger partial charge is 0.260 e. The fourth-order valence-corrected chi connectivity index (χ4v) is 1.78. The van der Waals surface area contributed by atoms with E-state index in [9.17, 15) is 14.0 Å². The maximum Gasteiger partial charge on any atom is 0.260 e. The molecule has 2 amide bonds. The summed E-state index contributed by atoms with van der Waals surface area (Å²) in [5, 5.41) is 2.13. The summed E-state index contributed by atoms with van der Waals surface area (Å²) in [6, 6.07) is 2.78. The first kappa shape index (κ1) is 9.71. The molecule has 0 unspecified atom stereocenters. The van der Waals surface area contributed by atoms with E-state index in [2.05, 4.69) is 10.3 Å². The van der Waals surface area contributed by atoms with Gasteiger partial charge in [0.2, 0.25) is 0 Å². The maximum atomic E-state index is 13.4. The van der Waals surface area contributed by atoms with E-state index in [0.717, 1.165) is 0 Å². The van der Waals surface area contributed by atoms with Crippen molar-refractivity contribution in [2.75, 3.05) is 0 Å². The van der Waals surface area contributed by atoms with Crippen molar-refractivity contribution < 1.29 is 14.0 Å². The number of hydrogen-bond acceptors (Lipinski definition) is 3. The van der Waals surface area contributed by atoms with Crippen LogP contribution in [0.15, 0.2) is 30.6 Å². The number of nitrogens with zero attached hydrogens (tertiary/aromatic N) is 2. The predicted molar refractivity (Wildman–Crippen MR) is 56.3 cm³/mol. The molecule has 2 aromatic heterocycles. The molecule has 1 N–H and O–H groups in total. The van der Waals surface area contributed by atoms with Gasteiger partial charge in [0.15, 0.2) is 11.5 Å². The van der Waals surface area contributed by atoms with Crippen LogP contribution in [0.25, 0.3) is 11.2 Å². The predicted octanol–water partition coefficient (Wildman–Crippen LogP) is 0.513. The van der Waals surface area contributed by atoms with Gasteiger partial charge in [-0.1, -0.05) is 0 Å². The zero-order valence-corrected chi connectivity index (χ0v) is 8.48. The van der Waals surface area contributed by atoms with Crippen LogP contribution in [-0.4, -0.2) is 21.2 Å². The molecule has 2 aromatic rings. The Bertz CT molecular complexity index is 687. The Morgan fingerprint density at radius 2 is 2.18 bits per heavy atom. The first-order valence-corrected chi connectivity index (χ1v) is 4.86. The van der Waals surface area contributed by atoms with Crippen LogP contribution in [-0.2, 0) is 9.59 Å². The van der Waals surface area contributed by atoms with E-state index >= 15 is 0 Å². The molecule has 0 radical (unpaired) electrons. The minimum absolute atomic E-state index is 0.121. The molecule has 5 nitrogen and oxygen atoms in total. The standard InChI is InChI=1S/C11H6FN3O2/c12-7-2-1-3-15-8(5-13-10(7)15)6-4-9(16)14-11(6)17/h1-5H,(H,14,16,17). The van der Waals surface area contributed by atoms with Gasteiger partial charge in [0.05, 0.1) is 17.5 Å². The summed E-state index contributed by atoms with van der Waals surface area (Å²) in [6.07, 6.45) is 4.12. The van der Waals surface area contributed by atoms with Crippen molar-refractivity contribution in [3.05, 3.63) is 42.1 Å². The second kappa shape index (κ2) is 3.24. The molecular weight excluding hydrogens is 225 g/mol. The van der Waals surface area contributed by atoms with E-state index in [1.165, 1.54) is 28.8 Å². The molecule has 84 valence electrons. The molecule has 0 aromatic carbocycles. The van der Waals surface area contributed by atoms with E-state index in [1.807, 2.05) is 0 Å². The summed E-state index contributed by atoms with van der Waals surface area (Å²) in [6.45, 7) is 0. The fraction of sp³-hybridized carbons (Fsp3) is 0. The summed E-state index contributed by atoms with van der Waals surface area (Å²) in [7, 11) is 0. The highest BCUT2D eigenvalue weighted by Gasteiger charge is 2.24. The van der Waals surface area contributed by atoms with Gasteiger partial charge in [-0.05, 0) is 12.1 Å². The normalized spacial score (nSPS) is 15.2. The molecule has 0 fully saturated rings. The third-order valence-electron chi connectivity index (χ3n) is 2.52. The minimum Gasteiger partial charge on any atom is -0.297 e. The summed E-state index contributed by atoms with van der Waals surface area (Å²) in [4.78, 5) is 26.4. The molecule has 1 aliphatic rings. The lowest BCUT2D eigenvalue weighted by atomic mass is 10.2. The molecule has 0 saturated heterocycles. The number of amides is 2. The number of hydrogen-bond donors (Lipinski definition) is 1. The largest absolute Gasteiger partial charge is 0.297 e. The van der Waals surface area contributed by atoms with Crippen molar-refractivity contribution in [3.63, 3.8) is 0 Å². The SMILES string of the molecule is O=C1C=C(c2cnc3c(F)cccn23)C(=O)N1. The van der Waals surface area contributed by atoms with E-state index in [4.69, 9.17) is 0 Å². The average molecular weight is 231 g/mol. The lowest BCUT2D eigenvalue weighted by molar-refractivity contribution is -0.123. The average Bonchev–Trinajstić information content (AvgIpc) is 2.83. The Balaban J connectivity index is 2.26. The zero-order valence-electron chi connectivity index (χ0n) is 8.48. The van der Waals surface area contributed by atoms with Crippen LogP contribution in [0.1, 0.15) is 5.69 Å². The number of halogens is 1. The Morgan fingerprint density at radius 1 is 1.35 bits per heavy atom. The summed E-state index contributed by atoms with van der Waals surface area (Å²) >= 11 is 0. The zero-order chi connectivity index (χ0) is 12.0. The Labute approximate surface area is 94.6 Å². The molecule has 0 atom stereocenters. The van der Waals surface area contributed by atoms with Gasteiger partial charge in [-0.15, -0.1) is 0 Å². The number of aromatic nitrogens is 2. The lowest BCUT2D eigenvalue weighted by Gasteiger charge is -2.00. The third kappa shape index (κ3) is 1.34. The quantitative estimate of drug-likeness (QED) is 0.727. The van der Waals surface area contributed by atoms with Crippen LogP contribution in [0.2, 0.25) is 0 Å². The first-order valence-electron chi connectivity index (χ1n) is 4.86. The highest BCUT2D eigenvalue weighted by atomic mass is 19.1. The van der Waals surface area contributed by atoms with Gasteiger partial charge in [-0.3, -0.25) is 19.3 Å². The van der Waals surface area contributed by atoms with E-state index in [0.29, 0.717) is 5.69 Å². The van der Waals surface area contributed by atoms with Crippen LogP contribution in [0.3, 0.4) is 0 Å². The number of rotatable bonds is 1. The lowest BCUT2D eigenvalue weighted by Crippen LogP contribution is -2.22. The molecule has 6 heteroatoms. The number of carbonyl (C=O) groups excluding carboxylic acids is 2. The summed E-state index contributed by atoms with van der Waals surface area (Å²) in [5.41, 5.74) is 0.700. The monoisotopic (exact) mass is 231 g/mol. The molecule has 0 spiro atoms. The van der Waals surface area contributed by atoms with E-state index in [1.54, 1.807) is 6.20 Å². The van der Waals surface area contributed by atoms with Crippen LogP contribution < -0.4 is 5.32 Å². The van der Waals surface area contributed by atoms with Crippen LogP contribution in [0.5, 0.6) is 0 Å². The van der Waals surface area contributed by atoms with Gasteiger partial charge in [-0.25, -0.2) is 9.37 Å². The number of imide groups is 1. The minimum atomic E-state index is -0.499. The molecule has 17 heavy (non-hydrogen) atoms. The van der Waals surface area contributed by atoms with Crippen molar-refractivity contribution in [1.82, 2.24) is 14.7 Å². The van der Waals surface area contributed by atoms with Crippen molar-refractivity contribution in [1.29, 1.82) is 0 Å². The van der Waals surface area contributed by atoms with E-state index < -0.39 is 17.6 Å². The highest BCUT2D eigenvalue weighted by molar-refractivity contribution is 6.33. The summed E-state index contributed by atoms with van der Waals surface area (Å²) < 4.78 is 14.8.